The molecule has 1 unspecified atom stereocenters. The van der Waals surface area contributed by atoms with Gasteiger partial charge in [0, 0.05) is 17.4 Å². The number of ether oxygens (including phenoxy) is 1. The average Bonchev–Trinajstić information content (AvgIpc) is 2.78. The van der Waals surface area contributed by atoms with E-state index < -0.39 is 52.7 Å². The molecular weight excluding hydrogens is 459 g/mol. The van der Waals surface area contributed by atoms with Crippen LogP contribution in [-0.4, -0.2) is 16.9 Å². The third-order valence-electron chi connectivity index (χ3n) is 5.87. The van der Waals surface area contributed by atoms with Gasteiger partial charge in [-0.05, 0) is 30.9 Å². The molecule has 0 aliphatic heterocycles. The number of fused-ring (bicyclic) bond motifs is 1. The minimum Gasteiger partial charge on any atom is -0.487 e. The van der Waals surface area contributed by atoms with Crippen molar-refractivity contribution in [3.8, 4) is 5.75 Å². The number of alkyl halides is 3. The summed E-state index contributed by atoms with van der Waals surface area (Å²) in [6, 6.07) is 11.0. The minimum atomic E-state index is -5.06. The highest BCUT2D eigenvalue weighted by Crippen LogP contribution is 2.36. The van der Waals surface area contributed by atoms with Gasteiger partial charge in [0.2, 0.25) is 0 Å². The van der Waals surface area contributed by atoms with Crippen LogP contribution < -0.4 is 4.74 Å². The van der Waals surface area contributed by atoms with Crippen LogP contribution in [0.15, 0.2) is 48.5 Å². The first-order valence-corrected chi connectivity index (χ1v) is 10.3. The van der Waals surface area contributed by atoms with E-state index in [9.17, 15) is 36.6 Å². The van der Waals surface area contributed by atoms with Crippen molar-refractivity contribution in [2.75, 3.05) is 0 Å². The Hall–Kier alpha value is -3.49. The maximum Gasteiger partial charge on any atom is 0.419 e. The largest absolute Gasteiger partial charge is 0.487 e. The highest BCUT2D eigenvalue weighted by molar-refractivity contribution is 6.06. The molecule has 9 heteroatoms. The van der Waals surface area contributed by atoms with Gasteiger partial charge < -0.3 is 9.84 Å². The van der Waals surface area contributed by atoms with Crippen LogP contribution in [0.5, 0.6) is 5.75 Å². The molecule has 0 aliphatic rings. The Morgan fingerprint density at radius 3 is 2.26 bits per heavy atom. The van der Waals surface area contributed by atoms with Gasteiger partial charge in [0.15, 0.2) is 17.4 Å². The van der Waals surface area contributed by atoms with E-state index in [2.05, 4.69) is 0 Å². The number of Topliss-reactive ketones (excluding diaryl/α,β-unsaturated/α-hetero) is 1. The van der Waals surface area contributed by atoms with Crippen molar-refractivity contribution in [2.45, 2.75) is 39.5 Å². The predicted octanol–water partition coefficient (Wildman–Crippen LogP) is 6.79. The van der Waals surface area contributed by atoms with Crippen LogP contribution in [0.3, 0.4) is 0 Å². The third kappa shape index (κ3) is 4.88. The van der Waals surface area contributed by atoms with E-state index in [1.54, 1.807) is 37.3 Å². The number of aliphatic carboxylic acids is 1. The summed E-state index contributed by atoms with van der Waals surface area (Å²) in [6.45, 7) is 2.43. The van der Waals surface area contributed by atoms with Crippen molar-refractivity contribution < 1.29 is 41.4 Å². The van der Waals surface area contributed by atoms with Crippen LogP contribution in [0.2, 0.25) is 0 Å². The lowest BCUT2D eigenvalue weighted by atomic mass is 9.81. The van der Waals surface area contributed by atoms with E-state index in [-0.39, 0.29) is 24.2 Å². The Balaban J connectivity index is 2.01. The normalized spacial score (nSPS) is 13.5. The van der Waals surface area contributed by atoms with Gasteiger partial charge in [-0.2, -0.15) is 13.2 Å². The fourth-order valence-corrected chi connectivity index (χ4v) is 3.49. The van der Waals surface area contributed by atoms with Crippen LogP contribution in [0, 0.1) is 17.0 Å². The van der Waals surface area contributed by atoms with E-state index in [4.69, 9.17) is 4.74 Å². The molecule has 0 spiro atoms. The van der Waals surface area contributed by atoms with Gasteiger partial charge in [0.1, 0.15) is 12.4 Å². The second-order valence-corrected chi connectivity index (χ2v) is 8.17. The maximum atomic E-state index is 14.3. The molecule has 4 nitrogen and oxygen atoms in total. The van der Waals surface area contributed by atoms with Gasteiger partial charge in [-0.3, -0.25) is 9.59 Å². The zero-order valence-electron chi connectivity index (χ0n) is 18.3. The second-order valence-electron chi connectivity index (χ2n) is 8.17. The number of ketones is 1. The topological polar surface area (TPSA) is 63.6 Å². The first kappa shape index (κ1) is 25.1. The standard InChI is InChI=1S/C25H21F5O4/c1-3-24(2,23(32)33)12-19(31)17-10-8-14-6-4-5-7-16(14)22(17)34-13-15-9-11-18(25(28,29)30)21(27)20(15)26/h4-11H,3,12-13H2,1-2H3,(H,32,33). The number of carboxylic acids is 1. The Labute approximate surface area is 192 Å². The van der Waals surface area contributed by atoms with Gasteiger partial charge >= 0.3 is 12.1 Å². The molecule has 3 rings (SSSR count). The molecule has 180 valence electrons. The second kappa shape index (κ2) is 9.40. The van der Waals surface area contributed by atoms with Crippen molar-refractivity contribution in [1.82, 2.24) is 0 Å². The molecule has 0 bridgehead atoms. The molecule has 1 atom stereocenters. The monoisotopic (exact) mass is 480 g/mol. The quantitative estimate of drug-likeness (QED) is 0.285. The molecule has 3 aromatic rings. The van der Waals surface area contributed by atoms with E-state index in [0.717, 1.165) is 6.07 Å². The average molecular weight is 480 g/mol. The summed E-state index contributed by atoms with van der Waals surface area (Å²) in [4.78, 5) is 24.7. The number of rotatable bonds is 8. The Morgan fingerprint density at radius 1 is 0.971 bits per heavy atom. The summed E-state index contributed by atoms with van der Waals surface area (Å²) in [5.74, 6) is -5.41. The zero-order chi connectivity index (χ0) is 25.3. The van der Waals surface area contributed by atoms with Crippen LogP contribution in [-0.2, 0) is 17.6 Å². The molecule has 0 fully saturated rings. The van der Waals surface area contributed by atoms with Gasteiger partial charge in [0.25, 0.3) is 0 Å². The Kier molecular flexibility index (Phi) is 6.95. The van der Waals surface area contributed by atoms with Crippen molar-refractivity contribution in [3.63, 3.8) is 0 Å². The highest BCUT2D eigenvalue weighted by Gasteiger charge is 2.37. The lowest BCUT2D eigenvalue weighted by Crippen LogP contribution is -2.29. The molecular formula is C25H21F5O4. The first-order valence-electron chi connectivity index (χ1n) is 10.3. The van der Waals surface area contributed by atoms with Gasteiger partial charge in [-0.1, -0.05) is 43.3 Å². The molecule has 0 heterocycles. The van der Waals surface area contributed by atoms with Gasteiger partial charge in [-0.25, -0.2) is 8.78 Å². The summed E-state index contributed by atoms with van der Waals surface area (Å²) in [6.07, 6.45) is -5.21. The van der Waals surface area contributed by atoms with Crippen molar-refractivity contribution in [3.05, 3.63) is 76.9 Å². The predicted molar refractivity (Wildman–Crippen MR) is 115 cm³/mol. The van der Waals surface area contributed by atoms with E-state index in [0.29, 0.717) is 16.8 Å². The summed E-state index contributed by atoms with van der Waals surface area (Å²) in [5, 5.41) is 10.6. The lowest BCUT2D eigenvalue weighted by molar-refractivity contribution is -0.148. The van der Waals surface area contributed by atoms with Gasteiger partial charge in [0.05, 0.1) is 16.5 Å². The molecule has 1 N–H and O–H groups in total. The van der Waals surface area contributed by atoms with Crippen LogP contribution in [0.1, 0.15) is 48.2 Å². The third-order valence-corrected chi connectivity index (χ3v) is 5.87. The molecule has 3 aromatic carbocycles. The summed E-state index contributed by atoms with van der Waals surface area (Å²) >= 11 is 0. The number of carbonyl (C=O) groups is 2. The fourth-order valence-electron chi connectivity index (χ4n) is 3.49. The van der Waals surface area contributed by atoms with Crippen molar-refractivity contribution in [1.29, 1.82) is 0 Å². The SMILES string of the molecule is CCC(C)(CC(=O)c1ccc2ccccc2c1OCc1ccc(C(F)(F)F)c(F)c1F)C(=O)O. The molecule has 0 radical (unpaired) electrons. The highest BCUT2D eigenvalue weighted by atomic mass is 19.4. The number of hydrogen-bond donors (Lipinski definition) is 1. The molecule has 0 aromatic heterocycles. The van der Waals surface area contributed by atoms with E-state index in [1.807, 2.05) is 0 Å². The Bertz CT molecular complexity index is 1250. The number of carbonyl (C=O) groups excluding carboxylic acids is 1. The lowest BCUT2D eigenvalue weighted by Gasteiger charge is -2.23. The molecule has 34 heavy (non-hydrogen) atoms. The van der Waals surface area contributed by atoms with E-state index >= 15 is 0 Å². The van der Waals surface area contributed by atoms with Crippen LogP contribution in [0.4, 0.5) is 22.0 Å². The van der Waals surface area contributed by atoms with Crippen LogP contribution >= 0.6 is 0 Å². The van der Waals surface area contributed by atoms with E-state index in [1.165, 1.54) is 13.0 Å². The molecule has 0 amide bonds. The number of hydrogen-bond acceptors (Lipinski definition) is 3. The van der Waals surface area contributed by atoms with Crippen molar-refractivity contribution >= 4 is 22.5 Å². The van der Waals surface area contributed by atoms with Gasteiger partial charge in [-0.15, -0.1) is 0 Å². The Morgan fingerprint density at radius 2 is 1.65 bits per heavy atom. The summed E-state index contributed by atoms with van der Waals surface area (Å²) in [7, 11) is 0. The summed E-state index contributed by atoms with van der Waals surface area (Å²) < 4.78 is 72.5. The maximum absolute atomic E-state index is 14.3. The summed E-state index contributed by atoms with van der Waals surface area (Å²) in [5.41, 5.74) is -3.50. The first-order chi connectivity index (χ1) is 15.9. The molecule has 0 saturated carbocycles. The minimum absolute atomic E-state index is 0.00616. The fraction of sp³-hybridized carbons (Fsp3) is 0.280. The molecule has 0 saturated heterocycles. The zero-order valence-corrected chi connectivity index (χ0v) is 18.3. The smallest absolute Gasteiger partial charge is 0.419 e. The molecule has 0 aliphatic carbocycles. The van der Waals surface area contributed by atoms with Crippen molar-refractivity contribution in [2.24, 2.45) is 5.41 Å². The number of benzene rings is 3. The van der Waals surface area contributed by atoms with Crippen LogP contribution in [0.25, 0.3) is 10.8 Å². The number of carboxylic acid groups (broad SMARTS) is 1. The number of halogens is 5.